The molecule has 1 aliphatic rings. The van der Waals surface area contributed by atoms with E-state index in [4.69, 9.17) is 9.47 Å². The number of hydrogen-bond donors (Lipinski definition) is 2. The van der Waals surface area contributed by atoms with Crippen LogP contribution in [0.15, 0.2) is 23.8 Å². The fourth-order valence-corrected chi connectivity index (χ4v) is 4.32. The zero-order valence-electron chi connectivity index (χ0n) is 19.1. The molecule has 1 aliphatic carbocycles. The second-order valence-corrected chi connectivity index (χ2v) is 8.71. The third-order valence-corrected chi connectivity index (χ3v) is 5.93. The van der Waals surface area contributed by atoms with E-state index in [1.165, 1.54) is 5.57 Å². The van der Waals surface area contributed by atoms with Crippen molar-refractivity contribution in [1.29, 1.82) is 0 Å². The molecule has 31 heavy (non-hydrogen) atoms. The maximum absolute atomic E-state index is 12.0. The van der Waals surface area contributed by atoms with E-state index in [0.717, 1.165) is 44.1 Å². The number of allylic oxidation sites excluding steroid dienone is 2. The summed E-state index contributed by atoms with van der Waals surface area (Å²) in [5.74, 6) is -0.366. The van der Waals surface area contributed by atoms with Crippen LogP contribution in [0, 0.1) is 11.8 Å². The van der Waals surface area contributed by atoms with E-state index in [-0.39, 0.29) is 11.8 Å². The molecule has 0 saturated carbocycles. The van der Waals surface area contributed by atoms with E-state index in [9.17, 15) is 19.8 Å². The van der Waals surface area contributed by atoms with Gasteiger partial charge in [-0.25, -0.2) is 9.59 Å². The van der Waals surface area contributed by atoms with Crippen molar-refractivity contribution in [3.8, 4) is 11.5 Å². The summed E-state index contributed by atoms with van der Waals surface area (Å²) in [6.07, 6.45) is 7.95. The molecule has 1 aromatic rings. The Bertz CT molecular complexity index is 756. The van der Waals surface area contributed by atoms with E-state index in [1.807, 2.05) is 12.1 Å². The molecular formula is C25H36O6. The van der Waals surface area contributed by atoms with E-state index >= 15 is 0 Å². The van der Waals surface area contributed by atoms with Crippen molar-refractivity contribution in [2.45, 2.75) is 72.1 Å². The van der Waals surface area contributed by atoms with Crippen LogP contribution in [0.3, 0.4) is 0 Å². The summed E-state index contributed by atoms with van der Waals surface area (Å²) in [7, 11) is 0. The van der Waals surface area contributed by atoms with Crippen LogP contribution >= 0.6 is 0 Å². The SMILES string of the molecule is CCCCCc1cc(OC(=O)CO)c(C2C=C(C)CCC2C(C)C)c(OC(=O)CO)c1. The predicted molar refractivity (Wildman–Crippen MR) is 119 cm³/mol. The van der Waals surface area contributed by atoms with E-state index < -0.39 is 25.2 Å². The summed E-state index contributed by atoms with van der Waals surface area (Å²) in [5, 5.41) is 18.5. The average molecular weight is 433 g/mol. The molecule has 2 rings (SSSR count). The number of ether oxygens (including phenoxy) is 2. The summed E-state index contributed by atoms with van der Waals surface area (Å²) in [4.78, 5) is 24.0. The van der Waals surface area contributed by atoms with Crippen molar-refractivity contribution in [1.82, 2.24) is 0 Å². The van der Waals surface area contributed by atoms with Crippen LogP contribution in [0.25, 0.3) is 0 Å². The van der Waals surface area contributed by atoms with Crippen molar-refractivity contribution in [3.63, 3.8) is 0 Å². The Hall–Kier alpha value is -2.18. The number of aliphatic hydroxyl groups is 2. The fraction of sp³-hybridized carbons (Fsp3) is 0.600. The molecule has 0 aromatic heterocycles. The second-order valence-electron chi connectivity index (χ2n) is 8.71. The lowest BCUT2D eigenvalue weighted by molar-refractivity contribution is -0.137. The van der Waals surface area contributed by atoms with E-state index in [0.29, 0.717) is 23.0 Å². The Morgan fingerprint density at radius 3 is 2.13 bits per heavy atom. The Labute approximate surface area is 185 Å². The highest BCUT2D eigenvalue weighted by Gasteiger charge is 2.33. The van der Waals surface area contributed by atoms with Gasteiger partial charge in [0.15, 0.2) is 0 Å². The molecule has 0 amide bonds. The average Bonchev–Trinajstić information content (AvgIpc) is 2.73. The number of benzene rings is 1. The smallest absolute Gasteiger partial charge is 0.337 e. The monoisotopic (exact) mass is 432 g/mol. The van der Waals surface area contributed by atoms with Crippen molar-refractivity contribution in [2.75, 3.05) is 13.2 Å². The van der Waals surface area contributed by atoms with Gasteiger partial charge in [0, 0.05) is 11.5 Å². The zero-order valence-corrected chi connectivity index (χ0v) is 19.1. The first-order valence-corrected chi connectivity index (χ1v) is 11.3. The van der Waals surface area contributed by atoms with Crippen LogP contribution in [0.4, 0.5) is 0 Å². The second kappa shape index (κ2) is 12.0. The van der Waals surface area contributed by atoms with Crippen molar-refractivity contribution < 1.29 is 29.3 Å². The Kier molecular flexibility index (Phi) is 9.72. The summed E-state index contributed by atoms with van der Waals surface area (Å²) in [6.45, 7) is 7.03. The molecule has 0 radical (unpaired) electrons. The normalized spacial score (nSPS) is 18.6. The van der Waals surface area contributed by atoms with Crippen LogP contribution in [-0.4, -0.2) is 35.4 Å². The molecule has 0 bridgehead atoms. The van der Waals surface area contributed by atoms with Crippen LogP contribution in [-0.2, 0) is 16.0 Å². The lowest BCUT2D eigenvalue weighted by Gasteiger charge is -2.34. The molecule has 0 aliphatic heterocycles. The van der Waals surface area contributed by atoms with Crippen LogP contribution in [0.1, 0.15) is 76.8 Å². The highest BCUT2D eigenvalue weighted by molar-refractivity contribution is 5.77. The molecule has 0 fully saturated rings. The van der Waals surface area contributed by atoms with Gasteiger partial charge in [0.2, 0.25) is 0 Å². The molecular weight excluding hydrogens is 396 g/mol. The summed E-state index contributed by atoms with van der Waals surface area (Å²) in [6, 6.07) is 3.65. The number of esters is 2. The fourth-order valence-electron chi connectivity index (χ4n) is 4.32. The maximum atomic E-state index is 12.0. The zero-order chi connectivity index (χ0) is 23.0. The van der Waals surface area contributed by atoms with Gasteiger partial charge < -0.3 is 19.7 Å². The first-order chi connectivity index (χ1) is 14.8. The Morgan fingerprint density at radius 1 is 1.06 bits per heavy atom. The third kappa shape index (κ3) is 6.91. The van der Waals surface area contributed by atoms with E-state index in [1.54, 1.807) is 0 Å². The molecule has 6 nitrogen and oxygen atoms in total. The molecule has 0 spiro atoms. The van der Waals surface area contributed by atoms with Gasteiger partial charge in [-0.15, -0.1) is 0 Å². The van der Waals surface area contributed by atoms with Gasteiger partial charge in [-0.2, -0.15) is 0 Å². The summed E-state index contributed by atoms with van der Waals surface area (Å²) in [5.41, 5.74) is 2.74. The quantitative estimate of drug-likeness (QED) is 0.248. The number of hydrogen-bond acceptors (Lipinski definition) is 6. The topological polar surface area (TPSA) is 93.1 Å². The van der Waals surface area contributed by atoms with Crippen molar-refractivity contribution in [3.05, 3.63) is 34.9 Å². The van der Waals surface area contributed by atoms with Crippen LogP contribution in [0.5, 0.6) is 11.5 Å². The van der Waals surface area contributed by atoms with Gasteiger partial charge in [0.05, 0.1) is 0 Å². The van der Waals surface area contributed by atoms with Gasteiger partial charge >= 0.3 is 11.9 Å². The third-order valence-electron chi connectivity index (χ3n) is 5.93. The molecule has 1 aromatic carbocycles. The first-order valence-electron chi connectivity index (χ1n) is 11.3. The van der Waals surface area contributed by atoms with Crippen molar-refractivity contribution >= 4 is 11.9 Å². The standard InChI is InChI=1S/C25H36O6/c1-5-6-7-8-18-12-21(30-23(28)14-26)25(22(13-18)31-24(29)15-27)20-11-17(4)9-10-19(20)16(2)3/h11-13,16,19-20,26-27H,5-10,14-15H2,1-4H3. The molecule has 2 atom stereocenters. The predicted octanol–water partition coefficient (Wildman–Crippen LogP) is 4.31. The molecule has 2 unspecified atom stereocenters. The largest absolute Gasteiger partial charge is 0.424 e. The molecule has 172 valence electrons. The Balaban J connectivity index is 2.65. The lowest BCUT2D eigenvalue weighted by atomic mass is 9.71. The van der Waals surface area contributed by atoms with Gasteiger partial charge in [0.25, 0.3) is 0 Å². The number of unbranched alkanes of at least 4 members (excludes halogenated alkanes) is 2. The number of aryl methyl sites for hydroxylation is 1. The maximum Gasteiger partial charge on any atom is 0.337 e. The first kappa shape index (κ1) is 25.1. The Morgan fingerprint density at radius 2 is 1.65 bits per heavy atom. The minimum absolute atomic E-state index is 0.110. The van der Waals surface area contributed by atoms with E-state index in [2.05, 4.69) is 33.8 Å². The molecule has 0 heterocycles. The van der Waals surface area contributed by atoms with Crippen LogP contribution in [0.2, 0.25) is 0 Å². The number of carbonyl (C=O) groups excluding carboxylic acids is 2. The van der Waals surface area contributed by atoms with Gasteiger partial charge in [-0.3, -0.25) is 0 Å². The van der Waals surface area contributed by atoms with Gasteiger partial charge in [-0.05, 0) is 62.1 Å². The molecule has 0 saturated heterocycles. The van der Waals surface area contributed by atoms with Gasteiger partial charge in [0.1, 0.15) is 24.7 Å². The molecule has 2 N–H and O–H groups in total. The highest BCUT2D eigenvalue weighted by atomic mass is 16.6. The summed E-state index contributed by atoms with van der Waals surface area (Å²) >= 11 is 0. The minimum atomic E-state index is -0.760. The molecule has 6 heteroatoms. The number of carbonyl (C=O) groups is 2. The number of rotatable bonds is 10. The number of aliphatic hydroxyl groups excluding tert-OH is 2. The summed E-state index contributed by atoms with van der Waals surface area (Å²) < 4.78 is 11.1. The van der Waals surface area contributed by atoms with Crippen molar-refractivity contribution in [2.24, 2.45) is 11.8 Å². The van der Waals surface area contributed by atoms with Crippen LogP contribution < -0.4 is 9.47 Å². The highest BCUT2D eigenvalue weighted by Crippen LogP contribution is 2.47. The minimum Gasteiger partial charge on any atom is -0.424 e. The lowest BCUT2D eigenvalue weighted by Crippen LogP contribution is -2.24. The van der Waals surface area contributed by atoms with Gasteiger partial charge in [-0.1, -0.05) is 45.3 Å².